The van der Waals surface area contributed by atoms with Crippen LogP contribution in [-0.2, 0) is 5.41 Å². The summed E-state index contributed by atoms with van der Waals surface area (Å²) in [6.45, 7) is 4.73. The zero-order valence-corrected chi connectivity index (χ0v) is 29.1. The molecule has 1 nitrogen and oxygen atoms in total. The summed E-state index contributed by atoms with van der Waals surface area (Å²) in [4.78, 5) is 0. The summed E-state index contributed by atoms with van der Waals surface area (Å²) in [5.41, 5.74) is 15.0. The molecule has 0 spiro atoms. The number of fused-ring (bicyclic) bond motifs is 7. The van der Waals surface area contributed by atoms with E-state index in [9.17, 15) is 0 Å². The Bertz CT molecular complexity index is 2960. The van der Waals surface area contributed by atoms with Gasteiger partial charge in [0.1, 0.15) is 11.5 Å². The monoisotopic (exact) mass is 662 g/mol. The average molecular weight is 663 g/mol. The van der Waals surface area contributed by atoms with Crippen LogP contribution < -0.4 is 4.74 Å². The molecule has 0 radical (unpaired) electrons. The van der Waals surface area contributed by atoms with Crippen molar-refractivity contribution in [3.05, 3.63) is 181 Å². The molecule has 0 atom stereocenters. The lowest BCUT2D eigenvalue weighted by Crippen LogP contribution is -2.15. The molecular formula is C51H34O. The van der Waals surface area contributed by atoms with Crippen molar-refractivity contribution in [2.24, 2.45) is 0 Å². The molecule has 1 aliphatic heterocycles. The number of benzene rings is 9. The third-order valence-corrected chi connectivity index (χ3v) is 11.6. The van der Waals surface area contributed by atoms with Gasteiger partial charge in [-0.2, -0.15) is 0 Å². The van der Waals surface area contributed by atoms with Gasteiger partial charge in [-0.25, -0.2) is 0 Å². The van der Waals surface area contributed by atoms with Crippen LogP contribution in [0.2, 0.25) is 0 Å². The molecule has 0 saturated carbocycles. The van der Waals surface area contributed by atoms with Crippen molar-refractivity contribution in [3.8, 4) is 67.1 Å². The first kappa shape index (κ1) is 29.3. The molecule has 0 saturated heterocycles. The van der Waals surface area contributed by atoms with Crippen molar-refractivity contribution in [1.29, 1.82) is 0 Å². The van der Waals surface area contributed by atoms with Gasteiger partial charge in [0, 0.05) is 16.4 Å². The molecule has 1 heterocycles. The minimum atomic E-state index is -0.0771. The SMILES string of the molecule is CC1(C)c2cc(-c3cccc(-c4ccc5c(c4)-c4cccc6c(-c7ccc8ccccc8c7)ccc(c46)O5)c3)ccc2-c2cc3ccccc3cc21. The van der Waals surface area contributed by atoms with Crippen LogP contribution in [0.15, 0.2) is 170 Å². The number of rotatable bonds is 3. The Hall–Kier alpha value is -6.44. The van der Waals surface area contributed by atoms with E-state index in [4.69, 9.17) is 4.74 Å². The van der Waals surface area contributed by atoms with Crippen LogP contribution in [0.1, 0.15) is 25.0 Å². The van der Waals surface area contributed by atoms with E-state index in [1.807, 2.05) is 0 Å². The van der Waals surface area contributed by atoms with Gasteiger partial charge in [-0.15, -0.1) is 0 Å². The largest absolute Gasteiger partial charge is 0.456 e. The Morgan fingerprint density at radius 3 is 1.79 bits per heavy atom. The third kappa shape index (κ3) is 4.29. The molecule has 0 unspecified atom stereocenters. The highest BCUT2D eigenvalue weighted by Gasteiger charge is 2.36. The first-order valence-corrected chi connectivity index (χ1v) is 18.2. The Balaban J connectivity index is 0.983. The number of ether oxygens (including phenoxy) is 1. The van der Waals surface area contributed by atoms with E-state index in [0.29, 0.717) is 0 Å². The summed E-state index contributed by atoms with van der Waals surface area (Å²) in [5.74, 6) is 1.80. The lowest BCUT2D eigenvalue weighted by Gasteiger charge is -2.23. The van der Waals surface area contributed by atoms with E-state index in [1.165, 1.54) is 93.5 Å². The molecule has 0 bridgehead atoms. The van der Waals surface area contributed by atoms with E-state index >= 15 is 0 Å². The van der Waals surface area contributed by atoms with Gasteiger partial charge in [0.25, 0.3) is 0 Å². The van der Waals surface area contributed by atoms with Gasteiger partial charge in [-0.1, -0.05) is 135 Å². The summed E-state index contributed by atoms with van der Waals surface area (Å²) < 4.78 is 6.61. The summed E-state index contributed by atoms with van der Waals surface area (Å²) in [5, 5.41) is 7.47. The van der Waals surface area contributed by atoms with E-state index < -0.39 is 0 Å². The molecule has 0 aromatic heterocycles. The standard InChI is InChI=1S/C51H34O/c1-51(2)46-30-38(19-21-41(46)44-27-35-11-5-6-12-36(35)29-47(44)51)34-14-7-13-33(25-34)37-20-23-48-45(28-37)43-16-8-15-42-40(22-24-49(52-48)50(42)43)39-18-17-31-9-3-4-10-32(31)26-39/h3-30H,1-2H3. The molecule has 2 aliphatic rings. The quantitative estimate of drug-likeness (QED) is 0.183. The van der Waals surface area contributed by atoms with Gasteiger partial charge in [-0.05, 0) is 137 Å². The second-order valence-corrected chi connectivity index (χ2v) is 14.9. The fraction of sp³-hybridized carbons (Fsp3) is 0.0588. The van der Waals surface area contributed by atoms with Crippen molar-refractivity contribution in [3.63, 3.8) is 0 Å². The van der Waals surface area contributed by atoms with E-state index in [0.717, 1.165) is 17.1 Å². The fourth-order valence-electron chi connectivity index (χ4n) is 8.90. The van der Waals surface area contributed by atoms with Crippen LogP contribution in [0.3, 0.4) is 0 Å². The van der Waals surface area contributed by atoms with Gasteiger partial charge in [-0.3, -0.25) is 0 Å². The highest BCUT2D eigenvalue weighted by atomic mass is 16.5. The third-order valence-electron chi connectivity index (χ3n) is 11.6. The molecule has 11 rings (SSSR count). The smallest absolute Gasteiger partial charge is 0.135 e. The molecule has 0 fully saturated rings. The topological polar surface area (TPSA) is 9.23 Å². The molecule has 9 aromatic carbocycles. The molecule has 0 N–H and O–H groups in total. The maximum absolute atomic E-state index is 6.61. The van der Waals surface area contributed by atoms with E-state index in [2.05, 4.69) is 184 Å². The summed E-state index contributed by atoms with van der Waals surface area (Å²) in [6, 6.07) is 62.4. The van der Waals surface area contributed by atoms with Crippen molar-refractivity contribution < 1.29 is 4.74 Å². The van der Waals surface area contributed by atoms with Crippen LogP contribution >= 0.6 is 0 Å². The lowest BCUT2D eigenvalue weighted by molar-refractivity contribution is 0.487. The summed E-state index contributed by atoms with van der Waals surface area (Å²) >= 11 is 0. The first-order valence-electron chi connectivity index (χ1n) is 18.2. The summed E-state index contributed by atoms with van der Waals surface area (Å²) in [7, 11) is 0. The van der Waals surface area contributed by atoms with Crippen LogP contribution in [0.4, 0.5) is 0 Å². The molecule has 1 heteroatoms. The minimum absolute atomic E-state index is 0.0771. The van der Waals surface area contributed by atoms with Crippen molar-refractivity contribution in [1.82, 2.24) is 0 Å². The van der Waals surface area contributed by atoms with Crippen molar-refractivity contribution in [2.75, 3.05) is 0 Å². The maximum Gasteiger partial charge on any atom is 0.135 e. The fourth-order valence-corrected chi connectivity index (χ4v) is 8.90. The first-order chi connectivity index (χ1) is 25.5. The number of hydrogen-bond acceptors (Lipinski definition) is 1. The predicted molar refractivity (Wildman–Crippen MR) is 218 cm³/mol. The van der Waals surface area contributed by atoms with Crippen molar-refractivity contribution >= 4 is 32.3 Å². The van der Waals surface area contributed by atoms with Crippen LogP contribution in [0.25, 0.3) is 88.0 Å². The minimum Gasteiger partial charge on any atom is -0.456 e. The van der Waals surface area contributed by atoms with E-state index in [1.54, 1.807) is 0 Å². The molecule has 1 aliphatic carbocycles. The second kappa shape index (κ2) is 10.8. The zero-order valence-electron chi connectivity index (χ0n) is 29.1. The zero-order chi connectivity index (χ0) is 34.6. The van der Waals surface area contributed by atoms with Gasteiger partial charge >= 0.3 is 0 Å². The Kier molecular flexibility index (Phi) is 6.08. The molecule has 244 valence electrons. The maximum atomic E-state index is 6.61. The van der Waals surface area contributed by atoms with Gasteiger partial charge in [0.05, 0.1) is 0 Å². The van der Waals surface area contributed by atoms with Gasteiger partial charge in [0.2, 0.25) is 0 Å². The van der Waals surface area contributed by atoms with Crippen molar-refractivity contribution in [2.45, 2.75) is 19.3 Å². The van der Waals surface area contributed by atoms with Crippen LogP contribution in [0, 0.1) is 0 Å². The van der Waals surface area contributed by atoms with Gasteiger partial charge < -0.3 is 4.74 Å². The lowest BCUT2D eigenvalue weighted by atomic mass is 9.81. The normalized spacial score (nSPS) is 13.5. The van der Waals surface area contributed by atoms with Gasteiger partial charge in [0.15, 0.2) is 0 Å². The molecule has 0 amide bonds. The molecular weight excluding hydrogens is 629 g/mol. The van der Waals surface area contributed by atoms with Crippen LogP contribution in [0.5, 0.6) is 11.5 Å². The Morgan fingerprint density at radius 2 is 0.962 bits per heavy atom. The predicted octanol–water partition coefficient (Wildman–Crippen LogP) is 14.2. The Morgan fingerprint density at radius 1 is 0.346 bits per heavy atom. The molecule has 9 aromatic rings. The Labute approximate surface area is 303 Å². The average Bonchev–Trinajstić information content (AvgIpc) is 3.41. The summed E-state index contributed by atoms with van der Waals surface area (Å²) in [6.07, 6.45) is 0. The molecule has 52 heavy (non-hydrogen) atoms. The second-order valence-electron chi connectivity index (χ2n) is 14.9. The number of hydrogen-bond donors (Lipinski definition) is 0. The van der Waals surface area contributed by atoms with E-state index in [-0.39, 0.29) is 5.41 Å². The highest BCUT2D eigenvalue weighted by Crippen LogP contribution is 2.52. The highest BCUT2D eigenvalue weighted by molar-refractivity contribution is 6.10. The van der Waals surface area contributed by atoms with Crippen LogP contribution in [-0.4, -0.2) is 0 Å².